The summed E-state index contributed by atoms with van der Waals surface area (Å²) >= 11 is 0. The maximum Gasteiger partial charge on any atom is 0.417 e. The Morgan fingerprint density at radius 1 is 0.844 bits per heavy atom. The monoisotopic (exact) mass is 444 g/mol. The van der Waals surface area contributed by atoms with Gasteiger partial charge in [0, 0.05) is 18.0 Å². The highest BCUT2D eigenvalue weighted by molar-refractivity contribution is 5.65. The quantitative estimate of drug-likeness (QED) is 0.307. The Bertz CT molecular complexity index is 1250. The molecule has 4 aromatic rings. The van der Waals surface area contributed by atoms with Gasteiger partial charge in [-0.3, -0.25) is 4.98 Å². The summed E-state index contributed by atoms with van der Waals surface area (Å²) in [7, 11) is 0. The van der Waals surface area contributed by atoms with Crippen LogP contribution in [0, 0.1) is 18.7 Å². The molecule has 0 atom stereocenters. The zero-order chi connectivity index (χ0) is 22.9. The molecule has 0 aliphatic rings. The highest BCUT2D eigenvalue weighted by Gasteiger charge is 2.31. The van der Waals surface area contributed by atoms with Crippen molar-refractivity contribution >= 4 is 0 Å². The summed E-state index contributed by atoms with van der Waals surface area (Å²) in [5.41, 5.74) is 3.04. The molecule has 3 heterocycles. The molecule has 0 radical (unpaired) electrons. The van der Waals surface area contributed by atoms with Gasteiger partial charge < -0.3 is 4.98 Å². The maximum atomic E-state index is 14.0. The lowest BCUT2D eigenvalue weighted by molar-refractivity contribution is -0.138. The van der Waals surface area contributed by atoms with Crippen LogP contribution >= 0.6 is 0 Å². The highest BCUT2D eigenvalue weighted by Crippen LogP contribution is 2.30. The van der Waals surface area contributed by atoms with Crippen LogP contribution in [0.5, 0.6) is 0 Å². The lowest BCUT2D eigenvalue weighted by Crippen LogP contribution is -2.08. The Hall–Kier alpha value is -3.62. The van der Waals surface area contributed by atoms with Gasteiger partial charge in [-0.25, -0.2) is 14.4 Å². The van der Waals surface area contributed by atoms with Crippen molar-refractivity contribution in [1.82, 2.24) is 19.9 Å². The molecule has 3 aromatic heterocycles. The number of halogens is 5. The zero-order valence-electron chi connectivity index (χ0n) is 16.8. The topological polar surface area (TPSA) is 54.5 Å². The molecular weight excluding hydrogens is 427 g/mol. The predicted octanol–water partition coefficient (Wildman–Crippen LogP) is 5.92. The molecule has 4 rings (SSSR count). The predicted molar refractivity (Wildman–Crippen MR) is 109 cm³/mol. The SMILES string of the molecule is Cc1cc(-c2cnc(-c3ccc(F)nc3)[nH]2)ccc1CCc1ncc(C(F)(F)F)cc1F. The van der Waals surface area contributed by atoms with E-state index in [1.54, 1.807) is 12.3 Å². The van der Waals surface area contributed by atoms with Gasteiger partial charge in [0.1, 0.15) is 11.6 Å². The van der Waals surface area contributed by atoms with Gasteiger partial charge in [0.2, 0.25) is 5.95 Å². The van der Waals surface area contributed by atoms with Crippen molar-refractivity contribution in [2.75, 3.05) is 0 Å². The van der Waals surface area contributed by atoms with Crippen LogP contribution < -0.4 is 0 Å². The smallest absolute Gasteiger partial charge is 0.338 e. The summed E-state index contributed by atoms with van der Waals surface area (Å²) in [5.74, 6) is -0.981. The van der Waals surface area contributed by atoms with Crippen molar-refractivity contribution in [1.29, 1.82) is 0 Å². The minimum Gasteiger partial charge on any atom is -0.338 e. The van der Waals surface area contributed by atoms with Crippen LogP contribution in [0.3, 0.4) is 0 Å². The third-order valence-electron chi connectivity index (χ3n) is 5.11. The largest absolute Gasteiger partial charge is 0.417 e. The van der Waals surface area contributed by atoms with Crippen LogP contribution in [0.1, 0.15) is 22.4 Å². The number of pyridine rings is 2. The molecule has 0 unspecified atom stereocenters. The molecule has 4 nitrogen and oxygen atoms in total. The third kappa shape index (κ3) is 4.66. The Kier molecular flexibility index (Phi) is 5.73. The molecule has 0 amide bonds. The molecule has 164 valence electrons. The van der Waals surface area contributed by atoms with Crippen molar-refractivity contribution in [3.8, 4) is 22.6 Å². The highest BCUT2D eigenvalue weighted by atomic mass is 19.4. The van der Waals surface area contributed by atoms with E-state index in [0.29, 0.717) is 30.1 Å². The molecule has 1 aromatic carbocycles. The lowest BCUT2D eigenvalue weighted by atomic mass is 9.99. The van der Waals surface area contributed by atoms with Crippen molar-refractivity contribution < 1.29 is 22.0 Å². The summed E-state index contributed by atoms with van der Waals surface area (Å²) < 4.78 is 65.0. The van der Waals surface area contributed by atoms with Crippen LogP contribution in [0.4, 0.5) is 22.0 Å². The fourth-order valence-corrected chi connectivity index (χ4v) is 3.33. The Morgan fingerprint density at radius 2 is 1.62 bits per heavy atom. The van der Waals surface area contributed by atoms with Crippen LogP contribution in [0.15, 0.2) is 55.0 Å². The van der Waals surface area contributed by atoms with Crippen molar-refractivity contribution in [3.63, 3.8) is 0 Å². The first-order valence-electron chi connectivity index (χ1n) is 9.69. The van der Waals surface area contributed by atoms with E-state index in [-0.39, 0.29) is 12.1 Å². The number of H-pyrrole nitrogens is 1. The second-order valence-electron chi connectivity index (χ2n) is 7.31. The van der Waals surface area contributed by atoms with E-state index >= 15 is 0 Å². The van der Waals surface area contributed by atoms with Gasteiger partial charge in [-0.15, -0.1) is 0 Å². The molecule has 9 heteroatoms. The minimum absolute atomic E-state index is 0.00686. The molecule has 32 heavy (non-hydrogen) atoms. The zero-order valence-corrected chi connectivity index (χ0v) is 16.8. The van der Waals surface area contributed by atoms with Crippen LogP contribution in [0.2, 0.25) is 0 Å². The fourth-order valence-electron chi connectivity index (χ4n) is 3.33. The Balaban J connectivity index is 1.48. The van der Waals surface area contributed by atoms with Gasteiger partial charge in [0.25, 0.3) is 0 Å². The molecule has 0 saturated heterocycles. The van der Waals surface area contributed by atoms with Gasteiger partial charge in [-0.05, 0) is 60.7 Å². The van der Waals surface area contributed by atoms with E-state index in [2.05, 4.69) is 19.9 Å². The van der Waals surface area contributed by atoms with E-state index in [4.69, 9.17) is 0 Å². The lowest BCUT2D eigenvalue weighted by Gasteiger charge is -2.10. The summed E-state index contributed by atoms with van der Waals surface area (Å²) in [6.45, 7) is 1.90. The molecular formula is C23H17F5N4. The van der Waals surface area contributed by atoms with Crippen molar-refractivity contribution in [2.45, 2.75) is 25.9 Å². The van der Waals surface area contributed by atoms with E-state index in [0.717, 1.165) is 22.4 Å². The maximum absolute atomic E-state index is 14.0. The molecule has 0 spiro atoms. The van der Waals surface area contributed by atoms with E-state index in [1.807, 2.05) is 25.1 Å². The first-order valence-corrected chi connectivity index (χ1v) is 9.69. The van der Waals surface area contributed by atoms with E-state index < -0.39 is 23.5 Å². The van der Waals surface area contributed by atoms with Gasteiger partial charge in [0.15, 0.2) is 0 Å². The van der Waals surface area contributed by atoms with Crippen LogP contribution in [-0.4, -0.2) is 19.9 Å². The van der Waals surface area contributed by atoms with Crippen molar-refractivity contribution in [3.05, 3.63) is 89.1 Å². The second-order valence-corrected chi connectivity index (χ2v) is 7.31. The number of hydrogen-bond acceptors (Lipinski definition) is 3. The Morgan fingerprint density at radius 3 is 2.28 bits per heavy atom. The minimum atomic E-state index is -4.63. The van der Waals surface area contributed by atoms with Gasteiger partial charge in [-0.1, -0.05) is 12.1 Å². The van der Waals surface area contributed by atoms with Crippen molar-refractivity contribution in [2.24, 2.45) is 0 Å². The number of aryl methyl sites for hydroxylation is 3. The van der Waals surface area contributed by atoms with E-state index in [9.17, 15) is 22.0 Å². The number of nitrogens with zero attached hydrogens (tertiary/aromatic N) is 3. The van der Waals surface area contributed by atoms with Gasteiger partial charge in [0.05, 0.1) is 23.1 Å². The normalized spacial score (nSPS) is 11.7. The average molecular weight is 444 g/mol. The average Bonchev–Trinajstić information content (AvgIpc) is 3.23. The molecule has 0 aliphatic heterocycles. The number of alkyl halides is 3. The number of aromatic amines is 1. The van der Waals surface area contributed by atoms with E-state index in [1.165, 1.54) is 12.3 Å². The molecule has 0 aliphatic carbocycles. The summed E-state index contributed by atoms with van der Waals surface area (Å²) in [6, 6.07) is 9.00. The van der Waals surface area contributed by atoms with Gasteiger partial charge in [-0.2, -0.15) is 17.6 Å². The van der Waals surface area contributed by atoms with Crippen LogP contribution in [0.25, 0.3) is 22.6 Å². The third-order valence-corrected chi connectivity index (χ3v) is 5.11. The summed E-state index contributed by atoms with van der Waals surface area (Å²) in [6.07, 6.45) is -0.318. The fraction of sp³-hybridized carbons (Fsp3) is 0.174. The number of benzene rings is 1. The second kappa shape index (κ2) is 8.49. The van der Waals surface area contributed by atoms with Crippen LogP contribution in [-0.2, 0) is 19.0 Å². The number of hydrogen-bond donors (Lipinski definition) is 1. The molecule has 0 bridgehead atoms. The summed E-state index contributed by atoms with van der Waals surface area (Å²) in [4.78, 5) is 14.7. The molecule has 0 fully saturated rings. The molecule has 1 N–H and O–H groups in total. The number of nitrogens with one attached hydrogen (secondary N) is 1. The Labute approximate surface area is 180 Å². The number of aromatic nitrogens is 4. The standard InChI is InChI=1S/C23H17F5N4/c1-13-8-15(20-12-31-22(32-20)16-5-7-21(25)30-10-16)3-2-14(13)4-6-19-18(24)9-17(11-29-19)23(26,27)28/h2-3,5,7-12H,4,6H2,1H3,(H,31,32). The number of imidazole rings is 1. The number of rotatable bonds is 5. The summed E-state index contributed by atoms with van der Waals surface area (Å²) in [5, 5.41) is 0. The first kappa shape index (κ1) is 21.6. The molecule has 0 saturated carbocycles. The first-order chi connectivity index (χ1) is 15.2. The van der Waals surface area contributed by atoms with Gasteiger partial charge >= 0.3 is 6.18 Å².